The maximum Gasteiger partial charge on any atom is 0.417 e. The van der Waals surface area contributed by atoms with Crippen LogP contribution in [0.25, 0.3) is 11.1 Å². The van der Waals surface area contributed by atoms with Gasteiger partial charge in [0.2, 0.25) is 0 Å². The molecule has 3 N–H and O–H groups in total. The number of hydrogen-bond donors (Lipinski definition) is 2. The molecule has 3 rings (SSSR count). The fourth-order valence-corrected chi connectivity index (χ4v) is 2.45. The Morgan fingerprint density at radius 1 is 1.20 bits per heavy atom. The van der Waals surface area contributed by atoms with Crippen LogP contribution in [0.2, 0.25) is 0 Å². The van der Waals surface area contributed by atoms with E-state index in [9.17, 15) is 4.79 Å². The van der Waals surface area contributed by atoms with Crippen molar-refractivity contribution < 1.29 is 4.42 Å². The first-order chi connectivity index (χ1) is 9.56. The van der Waals surface area contributed by atoms with Crippen LogP contribution in [0.4, 0.5) is 0 Å². The first-order valence-electron chi connectivity index (χ1n) is 6.51. The van der Waals surface area contributed by atoms with Crippen LogP contribution in [-0.4, -0.2) is 4.98 Å². The number of oxazole rings is 1. The second kappa shape index (κ2) is 4.65. The first-order valence-corrected chi connectivity index (χ1v) is 6.51. The van der Waals surface area contributed by atoms with Gasteiger partial charge in [-0.15, -0.1) is 0 Å². The van der Waals surface area contributed by atoms with Gasteiger partial charge in [-0.3, -0.25) is 4.98 Å². The molecular weight excluding hydrogens is 252 g/mol. The van der Waals surface area contributed by atoms with E-state index in [0.29, 0.717) is 11.1 Å². The van der Waals surface area contributed by atoms with Gasteiger partial charge in [-0.1, -0.05) is 24.3 Å². The Balaban J connectivity index is 2.09. The zero-order valence-corrected chi connectivity index (χ0v) is 11.4. The summed E-state index contributed by atoms with van der Waals surface area (Å²) in [6, 6.07) is 11.4. The molecule has 4 nitrogen and oxygen atoms in total. The summed E-state index contributed by atoms with van der Waals surface area (Å²) in [5.41, 5.74) is 12.0. The van der Waals surface area contributed by atoms with E-state index in [4.69, 9.17) is 10.2 Å². The molecule has 1 unspecified atom stereocenters. The zero-order valence-electron chi connectivity index (χ0n) is 11.4. The minimum atomic E-state index is -0.447. The van der Waals surface area contributed by atoms with Crippen molar-refractivity contribution in [3.8, 4) is 0 Å². The Morgan fingerprint density at radius 2 is 2.00 bits per heavy atom. The highest BCUT2D eigenvalue weighted by atomic mass is 16.4. The van der Waals surface area contributed by atoms with E-state index in [-0.39, 0.29) is 6.04 Å². The zero-order chi connectivity index (χ0) is 14.3. The number of fused-ring (bicyclic) bond motifs is 1. The predicted octanol–water partition coefficient (Wildman–Crippen LogP) is 2.79. The van der Waals surface area contributed by atoms with Crippen LogP contribution in [-0.2, 0) is 0 Å². The molecule has 0 fully saturated rings. The number of aryl methyl sites for hydroxylation is 1. The molecule has 2 aromatic carbocycles. The third-order valence-electron chi connectivity index (χ3n) is 3.79. The topological polar surface area (TPSA) is 72.0 Å². The number of aromatic amines is 1. The van der Waals surface area contributed by atoms with Crippen molar-refractivity contribution in [1.29, 1.82) is 0 Å². The molecule has 0 amide bonds. The molecule has 4 heteroatoms. The maximum atomic E-state index is 11.2. The lowest BCUT2D eigenvalue weighted by molar-refractivity contribution is 0.555. The highest BCUT2D eigenvalue weighted by Gasteiger charge is 2.14. The fourth-order valence-electron chi connectivity index (χ4n) is 2.45. The van der Waals surface area contributed by atoms with Crippen molar-refractivity contribution in [2.75, 3.05) is 0 Å². The molecule has 3 aromatic rings. The smallest absolute Gasteiger partial charge is 0.408 e. The van der Waals surface area contributed by atoms with Gasteiger partial charge in [0.1, 0.15) is 0 Å². The Bertz CT molecular complexity index is 830. The van der Waals surface area contributed by atoms with Crippen LogP contribution < -0.4 is 11.5 Å². The molecule has 0 aliphatic heterocycles. The summed E-state index contributed by atoms with van der Waals surface area (Å²) in [5.74, 6) is -0.447. The lowest BCUT2D eigenvalue weighted by Gasteiger charge is -2.16. The quantitative estimate of drug-likeness (QED) is 0.750. The first kappa shape index (κ1) is 12.7. The van der Waals surface area contributed by atoms with Crippen molar-refractivity contribution in [3.63, 3.8) is 0 Å². The van der Waals surface area contributed by atoms with Crippen LogP contribution in [0.5, 0.6) is 0 Å². The minimum Gasteiger partial charge on any atom is -0.408 e. The van der Waals surface area contributed by atoms with E-state index in [0.717, 1.165) is 11.1 Å². The van der Waals surface area contributed by atoms with E-state index < -0.39 is 5.76 Å². The summed E-state index contributed by atoms with van der Waals surface area (Å²) >= 11 is 0. The number of H-pyrrole nitrogens is 1. The van der Waals surface area contributed by atoms with E-state index in [1.165, 1.54) is 11.1 Å². The van der Waals surface area contributed by atoms with Crippen molar-refractivity contribution in [2.24, 2.45) is 5.73 Å². The molecule has 20 heavy (non-hydrogen) atoms. The third-order valence-corrected chi connectivity index (χ3v) is 3.79. The van der Waals surface area contributed by atoms with Crippen molar-refractivity contribution in [1.82, 2.24) is 4.98 Å². The monoisotopic (exact) mass is 268 g/mol. The van der Waals surface area contributed by atoms with E-state index in [1.54, 1.807) is 0 Å². The number of aromatic nitrogens is 1. The number of hydrogen-bond acceptors (Lipinski definition) is 3. The summed E-state index contributed by atoms with van der Waals surface area (Å²) in [6.07, 6.45) is 0. The molecule has 0 radical (unpaired) electrons. The molecule has 1 atom stereocenters. The number of nitrogens with one attached hydrogen (secondary N) is 1. The summed E-state index contributed by atoms with van der Waals surface area (Å²) in [6.45, 7) is 4.14. The maximum absolute atomic E-state index is 11.2. The van der Waals surface area contributed by atoms with Gasteiger partial charge in [0.25, 0.3) is 0 Å². The molecule has 0 bridgehead atoms. The fraction of sp³-hybridized carbons (Fsp3) is 0.188. The second-order valence-electron chi connectivity index (χ2n) is 5.04. The van der Waals surface area contributed by atoms with Gasteiger partial charge in [0.05, 0.1) is 11.6 Å². The Kier molecular flexibility index (Phi) is 2.95. The molecular formula is C16H16N2O2. The van der Waals surface area contributed by atoms with Gasteiger partial charge < -0.3 is 10.2 Å². The highest BCUT2D eigenvalue weighted by molar-refractivity contribution is 5.73. The lowest BCUT2D eigenvalue weighted by Crippen LogP contribution is -2.13. The standard InChI is InChI=1S/C16H16N2O2/c1-9-4-3-5-12(10(9)2)15(17)11-6-7-13-14(8-11)20-16(19)18-13/h3-8,15H,17H2,1-2H3,(H,18,19). The average Bonchev–Trinajstić information content (AvgIpc) is 2.80. The predicted molar refractivity (Wildman–Crippen MR) is 78.8 cm³/mol. The van der Waals surface area contributed by atoms with Gasteiger partial charge in [-0.25, -0.2) is 4.79 Å². The Morgan fingerprint density at radius 3 is 2.80 bits per heavy atom. The Hall–Kier alpha value is -2.33. The molecule has 0 saturated carbocycles. The molecule has 0 aliphatic rings. The minimum absolute atomic E-state index is 0.237. The van der Waals surface area contributed by atoms with E-state index in [1.807, 2.05) is 30.3 Å². The van der Waals surface area contributed by atoms with E-state index >= 15 is 0 Å². The summed E-state index contributed by atoms with van der Waals surface area (Å²) in [4.78, 5) is 13.8. The normalized spacial score (nSPS) is 12.8. The van der Waals surface area contributed by atoms with Gasteiger partial charge in [-0.2, -0.15) is 0 Å². The van der Waals surface area contributed by atoms with Gasteiger partial charge in [0, 0.05) is 0 Å². The van der Waals surface area contributed by atoms with Crippen molar-refractivity contribution in [3.05, 3.63) is 69.2 Å². The summed E-state index contributed by atoms with van der Waals surface area (Å²) < 4.78 is 5.08. The van der Waals surface area contributed by atoms with Crippen LogP contribution in [0.15, 0.2) is 45.6 Å². The Labute approximate surface area is 116 Å². The highest BCUT2D eigenvalue weighted by Crippen LogP contribution is 2.26. The lowest BCUT2D eigenvalue weighted by atomic mass is 9.93. The van der Waals surface area contributed by atoms with Crippen LogP contribution in [0.1, 0.15) is 28.3 Å². The molecule has 1 heterocycles. The van der Waals surface area contributed by atoms with Gasteiger partial charge in [-0.05, 0) is 48.2 Å². The van der Waals surface area contributed by atoms with Crippen molar-refractivity contribution in [2.45, 2.75) is 19.9 Å². The van der Waals surface area contributed by atoms with Crippen LogP contribution in [0.3, 0.4) is 0 Å². The van der Waals surface area contributed by atoms with Gasteiger partial charge in [0.15, 0.2) is 5.58 Å². The molecule has 0 saturated heterocycles. The van der Waals surface area contributed by atoms with Crippen LogP contribution in [0, 0.1) is 13.8 Å². The number of benzene rings is 2. The summed E-state index contributed by atoms with van der Waals surface area (Å²) in [7, 11) is 0. The molecule has 102 valence electrons. The van der Waals surface area contributed by atoms with E-state index in [2.05, 4.69) is 24.9 Å². The second-order valence-corrected chi connectivity index (χ2v) is 5.04. The van der Waals surface area contributed by atoms with Crippen LogP contribution >= 0.6 is 0 Å². The summed E-state index contributed by atoms with van der Waals surface area (Å²) in [5, 5.41) is 0. The average molecular weight is 268 g/mol. The molecule has 0 aliphatic carbocycles. The number of rotatable bonds is 2. The molecule has 1 aromatic heterocycles. The number of nitrogens with two attached hydrogens (primary N) is 1. The van der Waals surface area contributed by atoms with Gasteiger partial charge >= 0.3 is 5.76 Å². The third kappa shape index (κ3) is 2.04. The SMILES string of the molecule is Cc1cccc(C(N)c2ccc3[nH]c(=O)oc3c2)c1C. The largest absolute Gasteiger partial charge is 0.417 e. The van der Waals surface area contributed by atoms with Crippen molar-refractivity contribution >= 4 is 11.1 Å². The molecule has 0 spiro atoms.